The molecule has 0 aliphatic heterocycles. The van der Waals surface area contributed by atoms with Gasteiger partial charge in [-0.25, -0.2) is 0 Å². The van der Waals surface area contributed by atoms with Crippen molar-refractivity contribution in [3.8, 4) is 17.2 Å². The highest BCUT2D eigenvalue weighted by Crippen LogP contribution is 2.30. The summed E-state index contributed by atoms with van der Waals surface area (Å²) in [6.07, 6.45) is 1.60. The fourth-order valence-electron chi connectivity index (χ4n) is 3.17. The van der Waals surface area contributed by atoms with Crippen molar-refractivity contribution < 1.29 is 23.4 Å². The predicted octanol–water partition coefficient (Wildman–Crippen LogP) is 4.90. The molecule has 2 heterocycles. The molecule has 35 heavy (non-hydrogen) atoms. The summed E-state index contributed by atoms with van der Waals surface area (Å²) in [5.74, 6) is 3.02. The van der Waals surface area contributed by atoms with Crippen molar-refractivity contribution in [2.75, 3.05) is 25.3 Å². The minimum atomic E-state index is -0.200. The summed E-state index contributed by atoms with van der Waals surface area (Å²) in [6, 6.07) is 15.9. The zero-order valence-electron chi connectivity index (χ0n) is 19.1. The number of hydrogen-bond donors (Lipinski definition) is 1. The number of furan rings is 1. The topological polar surface area (TPSA) is 101 Å². The Morgan fingerprint density at radius 3 is 2.60 bits per heavy atom. The first-order chi connectivity index (χ1) is 17.1. The lowest BCUT2D eigenvalue weighted by Crippen LogP contribution is -2.15. The van der Waals surface area contributed by atoms with Gasteiger partial charge >= 0.3 is 0 Å². The fourth-order valence-corrected chi connectivity index (χ4v) is 4.05. The van der Waals surface area contributed by atoms with Crippen LogP contribution in [0, 0.1) is 0 Å². The van der Waals surface area contributed by atoms with Gasteiger partial charge in [-0.05, 0) is 48.5 Å². The summed E-state index contributed by atoms with van der Waals surface area (Å²) < 4.78 is 23.7. The van der Waals surface area contributed by atoms with Gasteiger partial charge in [0.1, 0.15) is 18.1 Å². The lowest BCUT2D eigenvalue weighted by atomic mass is 10.2. The van der Waals surface area contributed by atoms with Crippen molar-refractivity contribution in [1.29, 1.82) is 0 Å². The van der Waals surface area contributed by atoms with Crippen LogP contribution >= 0.6 is 23.4 Å². The van der Waals surface area contributed by atoms with Crippen molar-refractivity contribution in [3.63, 3.8) is 0 Å². The average molecular weight is 515 g/mol. The molecule has 0 saturated carbocycles. The molecular formula is C24H23ClN4O5S. The second-order valence-electron chi connectivity index (χ2n) is 7.21. The summed E-state index contributed by atoms with van der Waals surface area (Å²) >= 11 is 7.20. The van der Waals surface area contributed by atoms with E-state index in [2.05, 4.69) is 15.5 Å². The van der Waals surface area contributed by atoms with Crippen LogP contribution in [0.1, 0.15) is 11.6 Å². The van der Waals surface area contributed by atoms with Gasteiger partial charge in [-0.15, -0.1) is 10.2 Å². The first-order valence-electron chi connectivity index (χ1n) is 10.5. The van der Waals surface area contributed by atoms with E-state index in [-0.39, 0.29) is 18.3 Å². The van der Waals surface area contributed by atoms with Crippen molar-refractivity contribution in [3.05, 3.63) is 77.5 Å². The van der Waals surface area contributed by atoms with E-state index in [4.69, 9.17) is 30.2 Å². The minimum absolute atomic E-state index is 0.128. The summed E-state index contributed by atoms with van der Waals surface area (Å²) in [4.78, 5) is 12.6. The quantitative estimate of drug-likeness (QED) is 0.282. The molecule has 0 radical (unpaired) electrons. The minimum Gasteiger partial charge on any atom is -0.493 e. The van der Waals surface area contributed by atoms with E-state index in [9.17, 15) is 4.79 Å². The second-order valence-corrected chi connectivity index (χ2v) is 8.59. The van der Waals surface area contributed by atoms with Crippen LogP contribution in [0.4, 0.5) is 5.69 Å². The largest absolute Gasteiger partial charge is 0.493 e. The standard InChI is InChI=1S/C24H23ClN4O5S/c1-31-20-10-7-17(12-21(20)32-2)26-23(30)15-35-24-28-27-22(29(24)13-19-4-3-11-33-19)14-34-18-8-5-16(25)6-9-18/h3-12H,13-15H2,1-2H3,(H,26,30). The molecule has 9 nitrogen and oxygen atoms in total. The van der Waals surface area contributed by atoms with E-state index < -0.39 is 0 Å². The number of anilines is 1. The number of halogens is 1. The molecule has 0 bridgehead atoms. The third-order valence-electron chi connectivity index (χ3n) is 4.87. The molecule has 4 aromatic rings. The molecule has 0 unspecified atom stereocenters. The first kappa shape index (κ1) is 24.5. The van der Waals surface area contributed by atoms with Crippen molar-refractivity contribution in [1.82, 2.24) is 14.8 Å². The van der Waals surface area contributed by atoms with E-state index in [1.807, 2.05) is 16.7 Å². The molecule has 2 aromatic heterocycles. The number of nitrogens with zero attached hydrogens (tertiary/aromatic N) is 3. The lowest BCUT2D eigenvalue weighted by Gasteiger charge is -2.11. The molecule has 2 aromatic carbocycles. The molecule has 4 rings (SSSR count). The van der Waals surface area contributed by atoms with Gasteiger partial charge in [0.15, 0.2) is 22.5 Å². The normalized spacial score (nSPS) is 10.7. The van der Waals surface area contributed by atoms with Gasteiger partial charge in [-0.1, -0.05) is 23.4 Å². The molecule has 0 saturated heterocycles. The molecule has 0 spiro atoms. The number of amides is 1. The Morgan fingerprint density at radius 2 is 1.89 bits per heavy atom. The Morgan fingerprint density at radius 1 is 1.09 bits per heavy atom. The van der Waals surface area contributed by atoms with Gasteiger partial charge in [-0.3, -0.25) is 9.36 Å². The molecule has 0 aliphatic carbocycles. The summed E-state index contributed by atoms with van der Waals surface area (Å²) in [5, 5.41) is 12.6. The summed E-state index contributed by atoms with van der Waals surface area (Å²) in [7, 11) is 3.10. The Bertz CT molecular complexity index is 1260. The highest BCUT2D eigenvalue weighted by molar-refractivity contribution is 7.99. The van der Waals surface area contributed by atoms with Crippen LogP contribution < -0.4 is 19.5 Å². The van der Waals surface area contributed by atoms with Crippen LogP contribution in [0.2, 0.25) is 5.02 Å². The zero-order chi connectivity index (χ0) is 24.6. The highest BCUT2D eigenvalue weighted by Gasteiger charge is 2.17. The zero-order valence-corrected chi connectivity index (χ0v) is 20.6. The second kappa shape index (κ2) is 11.7. The van der Waals surface area contributed by atoms with Crippen LogP contribution in [0.3, 0.4) is 0 Å². The third-order valence-corrected chi connectivity index (χ3v) is 6.09. The SMILES string of the molecule is COc1ccc(NC(=O)CSc2nnc(COc3ccc(Cl)cc3)n2Cc2ccco2)cc1OC. The van der Waals surface area contributed by atoms with Crippen LogP contribution in [0.5, 0.6) is 17.2 Å². The molecule has 182 valence electrons. The summed E-state index contributed by atoms with van der Waals surface area (Å²) in [5.41, 5.74) is 0.599. The van der Waals surface area contributed by atoms with Gasteiger partial charge in [0.25, 0.3) is 0 Å². The van der Waals surface area contributed by atoms with Crippen LogP contribution in [-0.4, -0.2) is 40.6 Å². The number of rotatable bonds is 11. The molecular weight excluding hydrogens is 492 g/mol. The van der Waals surface area contributed by atoms with E-state index in [1.165, 1.54) is 11.8 Å². The number of hydrogen-bond acceptors (Lipinski definition) is 8. The number of benzene rings is 2. The highest BCUT2D eigenvalue weighted by atomic mass is 35.5. The van der Waals surface area contributed by atoms with E-state index >= 15 is 0 Å². The number of thioether (sulfide) groups is 1. The van der Waals surface area contributed by atoms with Gasteiger partial charge in [-0.2, -0.15) is 0 Å². The van der Waals surface area contributed by atoms with Crippen LogP contribution in [0.25, 0.3) is 0 Å². The monoisotopic (exact) mass is 514 g/mol. The Kier molecular flexibility index (Phi) is 8.17. The number of nitrogens with one attached hydrogen (secondary N) is 1. The third kappa shape index (κ3) is 6.49. The maximum absolute atomic E-state index is 12.6. The molecule has 1 amide bonds. The van der Waals surface area contributed by atoms with Gasteiger partial charge in [0.05, 0.1) is 32.8 Å². The first-order valence-corrected chi connectivity index (χ1v) is 11.9. The number of methoxy groups -OCH3 is 2. The van der Waals surface area contributed by atoms with Crippen LogP contribution in [-0.2, 0) is 17.9 Å². The molecule has 0 atom stereocenters. The molecule has 1 N–H and O–H groups in total. The van der Waals surface area contributed by atoms with Crippen molar-refractivity contribution in [2.45, 2.75) is 18.3 Å². The maximum Gasteiger partial charge on any atom is 0.234 e. The van der Waals surface area contributed by atoms with Gasteiger partial charge in [0, 0.05) is 16.8 Å². The van der Waals surface area contributed by atoms with E-state index in [1.54, 1.807) is 62.9 Å². The van der Waals surface area contributed by atoms with Crippen LogP contribution in [0.15, 0.2) is 70.4 Å². The molecule has 0 fully saturated rings. The predicted molar refractivity (Wildman–Crippen MR) is 133 cm³/mol. The number of aromatic nitrogens is 3. The average Bonchev–Trinajstić information content (AvgIpc) is 3.52. The Labute approximate surface area is 211 Å². The number of carbonyl (C=O) groups excluding carboxylic acids is 1. The van der Waals surface area contributed by atoms with Crippen molar-refractivity contribution >= 4 is 35.0 Å². The molecule has 11 heteroatoms. The smallest absolute Gasteiger partial charge is 0.234 e. The number of carbonyl (C=O) groups is 1. The van der Waals surface area contributed by atoms with E-state index in [0.29, 0.717) is 45.5 Å². The maximum atomic E-state index is 12.6. The number of ether oxygens (including phenoxy) is 3. The van der Waals surface area contributed by atoms with Gasteiger partial charge < -0.3 is 23.9 Å². The van der Waals surface area contributed by atoms with Crippen molar-refractivity contribution in [2.24, 2.45) is 0 Å². The Balaban J connectivity index is 1.43. The lowest BCUT2D eigenvalue weighted by molar-refractivity contribution is -0.113. The van der Waals surface area contributed by atoms with E-state index in [0.717, 1.165) is 5.76 Å². The fraction of sp³-hybridized carbons (Fsp3) is 0.208. The Hall–Kier alpha value is -3.63. The summed E-state index contributed by atoms with van der Waals surface area (Å²) in [6.45, 7) is 0.590. The molecule has 0 aliphatic rings. The van der Waals surface area contributed by atoms with Gasteiger partial charge in [0.2, 0.25) is 5.91 Å².